The summed E-state index contributed by atoms with van der Waals surface area (Å²) in [5, 5.41) is 11.1. The van der Waals surface area contributed by atoms with E-state index in [4.69, 9.17) is 9.47 Å². The summed E-state index contributed by atoms with van der Waals surface area (Å²) < 4.78 is 11.2. The van der Waals surface area contributed by atoms with Gasteiger partial charge in [-0.1, -0.05) is 36.4 Å². The van der Waals surface area contributed by atoms with E-state index in [1.165, 1.54) is 12.2 Å². The molecular weight excluding hydrogens is 378 g/mol. The minimum Gasteiger partial charge on any atom is -0.490 e. The van der Waals surface area contributed by atoms with Gasteiger partial charge in [0.15, 0.2) is 0 Å². The minimum atomic E-state index is -1.06. The number of hydrogen-bond acceptors (Lipinski definition) is 6. The number of benzene rings is 2. The molecular formula is C20H17N3O6. The summed E-state index contributed by atoms with van der Waals surface area (Å²) in [7, 11) is 0. The van der Waals surface area contributed by atoms with Crippen LogP contribution >= 0.6 is 0 Å². The zero-order valence-corrected chi connectivity index (χ0v) is 15.2. The lowest BCUT2D eigenvalue weighted by Crippen LogP contribution is -2.25. The first kappa shape index (κ1) is 19.6. The third-order valence-corrected chi connectivity index (χ3v) is 3.79. The van der Waals surface area contributed by atoms with Crippen LogP contribution in [0.2, 0.25) is 0 Å². The molecule has 29 heavy (non-hydrogen) atoms. The zero-order chi connectivity index (χ0) is 20.6. The van der Waals surface area contributed by atoms with Crippen molar-refractivity contribution in [2.75, 3.05) is 13.2 Å². The van der Waals surface area contributed by atoms with E-state index in [0.717, 1.165) is 5.75 Å². The first-order valence-electron chi connectivity index (χ1n) is 8.63. The molecule has 0 saturated carbocycles. The lowest BCUT2D eigenvalue weighted by molar-refractivity contribution is -0.386. The normalized spacial score (nSPS) is 10.8. The van der Waals surface area contributed by atoms with Crippen LogP contribution < -0.4 is 20.7 Å². The monoisotopic (exact) mass is 395 g/mol. The third kappa shape index (κ3) is 5.42. The maximum atomic E-state index is 11.6. The molecule has 2 aromatic carbocycles. The second-order valence-electron chi connectivity index (χ2n) is 5.84. The molecule has 3 rings (SSSR count). The smallest absolute Gasteiger partial charge is 0.357 e. The summed E-state index contributed by atoms with van der Waals surface area (Å²) in [4.78, 5) is 37.3. The fourth-order valence-corrected chi connectivity index (χ4v) is 2.52. The Morgan fingerprint density at radius 2 is 1.59 bits per heavy atom. The molecule has 0 bridgehead atoms. The molecule has 0 atom stereocenters. The molecule has 0 fully saturated rings. The van der Waals surface area contributed by atoms with Gasteiger partial charge < -0.3 is 14.5 Å². The molecule has 9 nitrogen and oxygen atoms in total. The molecule has 9 heteroatoms. The quantitative estimate of drug-likeness (QED) is 0.343. The van der Waals surface area contributed by atoms with Crippen LogP contribution in [0.3, 0.4) is 0 Å². The van der Waals surface area contributed by atoms with Crippen molar-refractivity contribution in [1.82, 2.24) is 9.97 Å². The van der Waals surface area contributed by atoms with Crippen LogP contribution in [-0.4, -0.2) is 28.1 Å². The number of nitrogens with zero attached hydrogens (tertiary/aromatic N) is 1. The summed E-state index contributed by atoms with van der Waals surface area (Å²) in [5.41, 5.74) is -2.13. The van der Waals surface area contributed by atoms with Crippen molar-refractivity contribution in [3.8, 4) is 11.5 Å². The molecule has 0 saturated heterocycles. The van der Waals surface area contributed by atoms with Crippen LogP contribution in [0.4, 0.5) is 5.69 Å². The Kier molecular flexibility index (Phi) is 6.21. The van der Waals surface area contributed by atoms with E-state index in [2.05, 4.69) is 4.98 Å². The predicted octanol–water partition coefficient (Wildman–Crippen LogP) is 2.60. The third-order valence-electron chi connectivity index (χ3n) is 3.79. The molecule has 0 unspecified atom stereocenters. The van der Waals surface area contributed by atoms with Gasteiger partial charge in [0.2, 0.25) is 0 Å². The van der Waals surface area contributed by atoms with Gasteiger partial charge in [0.05, 0.1) is 4.92 Å². The standard InChI is InChI=1S/C20H17N3O6/c24-19-18(23(26)27)17(21-20(25)22-19)10-9-14-5-4-8-16(13-14)29-12-11-28-15-6-2-1-3-7-15/h1-10,13H,11-12H2,(H2,21,22,24,25). The summed E-state index contributed by atoms with van der Waals surface area (Å²) in [6.07, 6.45) is 2.83. The van der Waals surface area contributed by atoms with E-state index in [0.29, 0.717) is 24.5 Å². The molecule has 2 N–H and O–H groups in total. The highest BCUT2D eigenvalue weighted by Crippen LogP contribution is 2.17. The van der Waals surface area contributed by atoms with E-state index >= 15 is 0 Å². The van der Waals surface area contributed by atoms with Crippen LogP contribution in [0.25, 0.3) is 12.2 Å². The Morgan fingerprint density at radius 3 is 2.31 bits per heavy atom. The van der Waals surface area contributed by atoms with Gasteiger partial charge in [0.1, 0.15) is 30.4 Å². The van der Waals surface area contributed by atoms with Crippen LogP contribution in [-0.2, 0) is 0 Å². The second kappa shape index (κ2) is 9.18. The van der Waals surface area contributed by atoms with Gasteiger partial charge in [0, 0.05) is 0 Å². The number of ether oxygens (including phenoxy) is 2. The molecule has 1 aromatic heterocycles. The van der Waals surface area contributed by atoms with E-state index < -0.39 is 21.9 Å². The number of aromatic amines is 2. The van der Waals surface area contributed by atoms with Gasteiger partial charge in [-0.2, -0.15) is 0 Å². The zero-order valence-electron chi connectivity index (χ0n) is 15.2. The van der Waals surface area contributed by atoms with Gasteiger partial charge in [-0.05, 0) is 35.9 Å². The maximum absolute atomic E-state index is 11.6. The lowest BCUT2D eigenvalue weighted by Gasteiger charge is -2.08. The summed E-state index contributed by atoms with van der Waals surface area (Å²) in [6, 6.07) is 16.3. The fraction of sp³-hybridized carbons (Fsp3) is 0.100. The molecule has 0 spiro atoms. The Morgan fingerprint density at radius 1 is 0.897 bits per heavy atom. The number of aromatic nitrogens is 2. The van der Waals surface area contributed by atoms with E-state index in [9.17, 15) is 19.7 Å². The molecule has 3 aromatic rings. The molecule has 0 aliphatic rings. The fourth-order valence-electron chi connectivity index (χ4n) is 2.52. The Hall–Kier alpha value is -4.14. The number of nitro groups is 1. The number of rotatable bonds is 8. The first-order valence-corrected chi connectivity index (χ1v) is 8.63. The molecule has 0 radical (unpaired) electrons. The van der Waals surface area contributed by atoms with Crippen molar-refractivity contribution in [3.63, 3.8) is 0 Å². The first-order chi connectivity index (χ1) is 14.0. The van der Waals surface area contributed by atoms with Crippen LogP contribution in [0.5, 0.6) is 11.5 Å². The van der Waals surface area contributed by atoms with Gasteiger partial charge in [-0.25, -0.2) is 4.79 Å². The van der Waals surface area contributed by atoms with Gasteiger partial charge in [-0.3, -0.25) is 19.9 Å². The number of para-hydroxylation sites is 1. The van der Waals surface area contributed by atoms with Crippen LogP contribution in [0.1, 0.15) is 11.3 Å². The van der Waals surface area contributed by atoms with Gasteiger partial charge in [0.25, 0.3) is 0 Å². The average molecular weight is 395 g/mol. The van der Waals surface area contributed by atoms with Crippen molar-refractivity contribution in [3.05, 3.63) is 96.8 Å². The number of nitrogens with one attached hydrogen (secondary N) is 2. The van der Waals surface area contributed by atoms with Crippen molar-refractivity contribution < 1.29 is 14.4 Å². The molecule has 148 valence electrons. The van der Waals surface area contributed by atoms with E-state index in [1.54, 1.807) is 24.3 Å². The second-order valence-corrected chi connectivity index (χ2v) is 5.84. The molecule has 0 aliphatic carbocycles. The van der Waals surface area contributed by atoms with Crippen molar-refractivity contribution in [1.29, 1.82) is 0 Å². The average Bonchev–Trinajstić information content (AvgIpc) is 2.70. The predicted molar refractivity (Wildman–Crippen MR) is 107 cm³/mol. The lowest BCUT2D eigenvalue weighted by atomic mass is 10.2. The Balaban J connectivity index is 1.66. The molecule has 1 heterocycles. The Bertz CT molecular complexity index is 1130. The topological polar surface area (TPSA) is 127 Å². The summed E-state index contributed by atoms with van der Waals surface area (Å²) in [6.45, 7) is 0.694. The van der Waals surface area contributed by atoms with Crippen molar-refractivity contribution in [2.24, 2.45) is 0 Å². The summed E-state index contributed by atoms with van der Waals surface area (Å²) in [5.74, 6) is 1.33. The van der Waals surface area contributed by atoms with Gasteiger partial charge in [-0.15, -0.1) is 0 Å². The largest absolute Gasteiger partial charge is 0.490 e. The van der Waals surface area contributed by atoms with Crippen molar-refractivity contribution >= 4 is 17.8 Å². The van der Waals surface area contributed by atoms with E-state index in [1.807, 2.05) is 35.3 Å². The summed E-state index contributed by atoms with van der Waals surface area (Å²) >= 11 is 0. The van der Waals surface area contributed by atoms with Crippen LogP contribution in [0.15, 0.2) is 64.2 Å². The highest BCUT2D eigenvalue weighted by molar-refractivity contribution is 5.72. The molecule has 0 aliphatic heterocycles. The highest BCUT2D eigenvalue weighted by atomic mass is 16.6. The number of hydrogen-bond donors (Lipinski definition) is 2. The van der Waals surface area contributed by atoms with E-state index in [-0.39, 0.29) is 5.69 Å². The van der Waals surface area contributed by atoms with Gasteiger partial charge >= 0.3 is 16.9 Å². The minimum absolute atomic E-state index is 0.189. The van der Waals surface area contributed by atoms with Crippen LogP contribution in [0, 0.1) is 10.1 Å². The SMILES string of the molecule is O=c1[nH]c(C=Cc2cccc(OCCOc3ccccc3)c2)c([N+](=O)[O-])c(=O)[nH]1. The Labute approximate surface area is 164 Å². The van der Waals surface area contributed by atoms with Crippen molar-refractivity contribution in [2.45, 2.75) is 0 Å². The maximum Gasteiger partial charge on any atom is 0.357 e. The highest BCUT2D eigenvalue weighted by Gasteiger charge is 2.18. The molecule has 0 amide bonds. The number of H-pyrrole nitrogens is 2.